The van der Waals surface area contributed by atoms with Crippen molar-refractivity contribution in [2.75, 3.05) is 24.4 Å². The number of carbonyl (C=O) groups is 2. The van der Waals surface area contributed by atoms with Crippen LogP contribution in [0, 0.1) is 0 Å². The number of esters is 1. The Kier molecular flexibility index (Phi) is 6.42. The minimum atomic E-state index is -0.526. The van der Waals surface area contributed by atoms with Crippen LogP contribution in [0.25, 0.3) is 0 Å². The lowest BCUT2D eigenvalue weighted by atomic mass is 10.1. The first-order valence-electron chi connectivity index (χ1n) is 9.05. The number of anilines is 3. The van der Waals surface area contributed by atoms with Crippen molar-refractivity contribution in [2.45, 2.75) is 6.92 Å². The van der Waals surface area contributed by atoms with Crippen molar-refractivity contribution in [3.8, 4) is 5.75 Å². The Hall–Kier alpha value is -3.87. The molecule has 0 bridgehead atoms. The predicted molar refractivity (Wildman–Crippen MR) is 111 cm³/mol. The van der Waals surface area contributed by atoms with E-state index in [0.29, 0.717) is 29.3 Å². The fourth-order valence-electron chi connectivity index (χ4n) is 2.71. The zero-order valence-electron chi connectivity index (χ0n) is 16.1. The average molecular weight is 391 g/mol. The van der Waals surface area contributed by atoms with Gasteiger partial charge in [0.1, 0.15) is 5.75 Å². The Bertz CT molecular complexity index is 1020. The monoisotopic (exact) mass is 391 g/mol. The van der Waals surface area contributed by atoms with E-state index in [1.54, 1.807) is 36.5 Å². The summed E-state index contributed by atoms with van der Waals surface area (Å²) in [7, 11) is 1.29. The molecule has 3 rings (SSSR count). The van der Waals surface area contributed by atoms with Gasteiger partial charge in [-0.2, -0.15) is 0 Å². The van der Waals surface area contributed by atoms with Crippen LogP contribution in [-0.2, 0) is 4.74 Å². The highest BCUT2D eigenvalue weighted by Crippen LogP contribution is 2.27. The first-order valence-corrected chi connectivity index (χ1v) is 9.05. The molecule has 29 heavy (non-hydrogen) atoms. The van der Waals surface area contributed by atoms with Crippen molar-refractivity contribution in [3.63, 3.8) is 0 Å². The predicted octanol–water partition coefficient (Wildman–Crippen LogP) is 4.26. The molecule has 0 fully saturated rings. The van der Waals surface area contributed by atoms with Gasteiger partial charge >= 0.3 is 5.97 Å². The van der Waals surface area contributed by atoms with Gasteiger partial charge < -0.3 is 20.1 Å². The molecule has 0 aliphatic rings. The van der Waals surface area contributed by atoms with Gasteiger partial charge in [0.2, 0.25) is 0 Å². The molecule has 1 aromatic heterocycles. The van der Waals surface area contributed by atoms with E-state index in [0.717, 1.165) is 5.69 Å². The molecule has 3 aromatic rings. The Morgan fingerprint density at radius 3 is 2.48 bits per heavy atom. The van der Waals surface area contributed by atoms with Crippen molar-refractivity contribution in [3.05, 3.63) is 78.1 Å². The molecular formula is C22H21N3O4. The summed E-state index contributed by atoms with van der Waals surface area (Å²) in [6, 6.07) is 15.8. The number of nitrogens with one attached hydrogen (secondary N) is 2. The van der Waals surface area contributed by atoms with Crippen molar-refractivity contribution < 1.29 is 19.1 Å². The molecule has 0 spiro atoms. The Labute approximate surface area is 168 Å². The topological polar surface area (TPSA) is 89.5 Å². The van der Waals surface area contributed by atoms with Gasteiger partial charge in [-0.25, -0.2) is 4.79 Å². The third kappa shape index (κ3) is 4.90. The average Bonchev–Trinajstić information content (AvgIpc) is 2.75. The number of para-hydroxylation sites is 3. The van der Waals surface area contributed by atoms with Crippen LogP contribution in [-0.4, -0.2) is 30.6 Å². The fraction of sp³-hybridized carbons (Fsp3) is 0.136. The largest absolute Gasteiger partial charge is 0.492 e. The van der Waals surface area contributed by atoms with Crippen LogP contribution in [0.5, 0.6) is 5.75 Å². The van der Waals surface area contributed by atoms with Crippen LogP contribution in [0.15, 0.2) is 67.0 Å². The van der Waals surface area contributed by atoms with Crippen LogP contribution in [0.1, 0.15) is 27.6 Å². The van der Waals surface area contributed by atoms with E-state index < -0.39 is 11.9 Å². The zero-order valence-corrected chi connectivity index (χ0v) is 16.1. The SMILES string of the molecule is CCOc1ccccc1Nc1cncc(C(=O)Nc2ccccc2C(=O)OC)c1. The molecule has 0 saturated carbocycles. The highest BCUT2D eigenvalue weighted by atomic mass is 16.5. The molecule has 0 unspecified atom stereocenters. The van der Waals surface area contributed by atoms with Crippen LogP contribution >= 0.6 is 0 Å². The number of methoxy groups -OCH3 is 1. The number of hydrogen-bond acceptors (Lipinski definition) is 6. The second-order valence-corrected chi connectivity index (χ2v) is 6.01. The Morgan fingerprint density at radius 1 is 1.00 bits per heavy atom. The van der Waals surface area contributed by atoms with E-state index in [9.17, 15) is 9.59 Å². The number of nitrogens with zero attached hydrogens (tertiary/aromatic N) is 1. The van der Waals surface area contributed by atoms with Gasteiger partial charge in [0.15, 0.2) is 0 Å². The quantitative estimate of drug-likeness (QED) is 0.585. The first-order chi connectivity index (χ1) is 14.1. The van der Waals surface area contributed by atoms with Crippen molar-refractivity contribution in [1.29, 1.82) is 0 Å². The number of rotatable bonds is 7. The lowest BCUT2D eigenvalue weighted by molar-refractivity contribution is 0.0602. The van der Waals surface area contributed by atoms with Gasteiger partial charge in [0, 0.05) is 6.20 Å². The maximum absolute atomic E-state index is 12.7. The molecule has 0 saturated heterocycles. The highest BCUT2D eigenvalue weighted by Gasteiger charge is 2.15. The van der Waals surface area contributed by atoms with Gasteiger partial charge in [-0.1, -0.05) is 24.3 Å². The standard InChI is InChI=1S/C22H21N3O4/c1-3-29-20-11-7-6-10-19(20)24-16-12-15(13-23-14-16)21(26)25-18-9-5-4-8-17(18)22(27)28-2/h4-14,24H,3H2,1-2H3,(H,25,26). The van der Waals surface area contributed by atoms with Gasteiger partial charge in [-0.3, -0.25) is 9.78 Å². The lowest BCUT2D eigenvalue weighted by Gasteiger charge is -2.13. The van der Waals surface area contributed by atoms with E-state index in [-0.39, 0.29) is 5.56 Å². The van der Waals surface area contributed by atoms with Crippen LogP contribution in [0.2, 0.25) is 0 Å². The van der Waals surface area contributed by atoms with E-state index in [4.69, 9.17) is 9.47 Å². The molecule has 1 amide bonds. The summed E-state index contributed by atoms with van der Waals surface area (Å²) in [4.78, 5) is 28.7. The van der Waals surface area contributed by atoms with E-state index in [1.807, 2.05) is 31.2 Å². The summed E-state index contributed by atoms with van der Waals surface area (Å²) in [6.07, 6.45) is 3.07. The minimum absolute atomic E-state index is 0.274. The van der Waals surface area contributed by atoms with Gasteiger partial charge in [-0.15, -0.1) is 0 Å². The molecule has 2 aromatic carbocycles. The second-order valence-electron chi connectivity index (χ2n) is 6.01. The molecule has 7 nitrogen and oxygen atoms in total. The molecule has 0 aliphatic heterocycles. The van der Waals surface area contributed by atoms with Crippen LogP contribution in [0.3, 0.4) is 0 Å². The minimum Gasteiger partial charge on any atom is -0.492 e. The summed E-state index contributed by atoms with van der Waals surface area (Å²) >= 11 is 0. The maximum atomic E-state index is 12.7. The summed E-state index contributed by atoms with van der Waals surface area (Å²) < 4.78 is 10.4. The Balaban J connectivity index is 1.80. The van der Waals surface area contributed by atoms with E-state index in [1.165, 1.54) is 13.3 Å². The number of benzene rings is 2. The number of hydrogen-bond donors (Lipinski definition) is 2. The van der Waals surface area contributed by atoms with E-state index in [2.05, 4.69) is 15.6 Å². The molecule has 0 atom stereocenters. The number of ether oxygens (including phenoxy) is 2. The molecule has 148 valence electrons. The zero-order chi connectivity index (χ0) is 20.6. The molecule has 0 aliphatic carbocycles. The molecule has 0 radical (unpaired) electrons. The first kappa shape index (κ1) is 19.9. The molecule has 2 N–H and O–H groups in total. The van der Waals surface area contributed by atoms with Gasteiger partial charge in [-0.05, 0) is 37.3 Å². The normalized spacial score (nSPS) is 10.1. The highest BCUT2D eigenvalue weighted by molar-refractivity contribution is 6.08. The summed E-state index contributed by atoms with van der Waals surface area (Å²) in [6.45, 7) is 2.45. The second kappa shape index (κ2) is 9.36. The Morgan fingerprint density at radius 2 is 1.72 bits per heavy atom. The smallest absolute Gasteiger partial charge is 0.339 e. The van der Waals surface area contributed by atoms with Crippen LogP contribution in [0.4, 0.5) is 17.1 Å². The number of carbonyl (C=O) groups excluding carboxylic acids is 2. The lowest BCUT2D eigenvalue weighted by Crippen LogP contribution is -2.15. The number of pyridine rings is 1. The van der Waals surface area contributed by atoms with Crippen molar-refractivity contribution in [1.82, 2.24) is 4.98 Å². The third-order valence-corrected chi connectivity index (χ3v) is 4.05. The molecular weight excluding hydrogens is 370 g/mol. The van der Waals surface area contributed by atoms with Crippen molar-refractivity contribution in [2.24, 2.45) is 0 Å². The van der Waals surface area contributed by atoms with Crippen molar-refractivity contribution >= 4 is 28.9 Å². The van der Waals surface area contributed by atoms with Gasteiger partial charge in [0.05, 0.1) is 48.1 Å². The van der Waals surface area contributed by atoms with E-state index >= 15 is 0 Å². The maximum Gasteiger partial charge on any atom is 0.339 e. The number of aromatic nitrogens is 1. The molecule has 7 heteroatoms. The van der Waals surface area contributed by atoms with Crippen LogP contribution < -0.4 is 15.4 Å². The molecule has 1 heterocycles. The third-order valence-electron chi connectivity index (χ3n) is 4.05. The van der Waals surface area contributed by atoms with Gasteiger partial charge in [0.25, 0.3) is 5.91 Å². The summed E-state index contributed by atoms with van der Waals surface area (Å²) in [5.74, 6) is -0.213. The summed E-state index contributed by atoms with van der Waals surface area (Å²) in [5.41, 5.74) is 2.37. The summed E-state index contributed by atoms with van der Waals surface area (Å²) in [5, 5.41) is 5.95. The number of amides is 1. The fourth-order valence-corrected chi connectivity index (χ4v) is 2.71.